The molecule has 14 nitrogen and oxygen atoms in total. The molecule has 1 spiro atoms. The number of aromatic nitrogens is 1. The molecule has 3 aliphatic heterocycles. The van der Waals surface area contributed by atoms with E-state index < -0.39 is 28.2 Å². The number of likely N-dealkylation sites (tertiary alicyclic amines) is 1. The number of nitrogens with zero attached hydrogens (tertiary/aromatic N) is 3. The van der Waals surface area contributed by atoms with Gasteiger partial charge in [-0.1, -0.05) is 48.9 Å². The number of H-pyrrole nitrogens is 1. The van der Waals surface area contributed by atoms with E-state index in [9.17, 15) is 22.8 Å². The second-order valence-electron chi connectivity index (χ2n) is 16.7. The highest BCUT2D eigenvalue weighted by Gasteiger charge is 2.43. The van der Waals surface area contributed by atoms with Crippen molar-refractivity contribution in [1.82, 2.24) is 40.4 Å². The number of fused-ring (bicyclic) bond motifs is 1. The fourth-order valence-corrected chi connectivity index (χ4v) is 9.78. The summed E-state index contributed by atoms with van der Waals surface area (Å²) >= 11 is 0. The number of piperazine rings is 1. The Morgan fingerprint density at radius 3 is 2.57 bits per heavy atom. The van der Waals surface area contributed by atoms with Gasteiger partial charge in [0.05, 0.1) is 25.4 Å². The number of hydrogen-bond acceptors (Lipinski definition) is 9. The maximum Gasteiger partial charge on any atom is 0.415 e. The lowest BCUT2D eigenvalue weighted by molar-refractivity contribution is -0.145. The molecule has 15 heteroatoms. The number of hydrogen-bond donors (Lipinski definition) is 5. The second-order valence-corrected chi connectivity index (χ2v) is 18.5. The first kappa shape index (κ1) is 41.9. The Kier molecular flexibility index (Phi) is 13.9. The van der Waals surface area contributed by atoms with Gasteiger partial charge in [0.2, 0.25) is 21.8 Å². The van der Waals surface area contributed by atoms with E-state index in [0.29, 0.717) is 31.6 Å². The van der Waals surface area contributed by atoms with E-state index in [2.05, 4.69) is 60.9 Å². The van der Waals surface area contributed by atoms with Crippen LogP contribution in [0, 0.1) is 5.41 Å². The quantitative estimate of drug-likeness (QED) is 0.144. The number of amides is 3. The van der Waals surface area contributed by atoms with Crippen LogP contribution in [0.15, 0.2) is 66.9 Å². The SMILES string of the molecule is CS(=O)(=O)NCCCC[C@@H](NC1CCC2(CC1)CCN(Cc1ccccc1)C2)C(=O)N1CCN(C(=O)Oc2cccc3c2CCNC3)C[C@H]1C(=O)NCc1ccc[nH]1. The topological polar surface area (TPSA) is 168 Å². The van der Waals surface area contributed by atoms with Crippen molar-refractivity contribution in [2.24, 2.45) is 5.41 Å². The first-order chi connectivity index (χ1) is 28.0. The van der Waals surface area contributed by atoms with Gasteiger partial charge in [-0.2, -0.15) is 0 Å². The lowest BCUT2D eigenvalue weighted by atomic mass is 9.72. The molecule has 3 fully saturated rings. The number of aromatic amines is 1. The molecule has 2 atom stereocenters. The molecule has 3 amide bonds. The summed E-state index contributed by atoms with van der Waals surface area (Å²) in [4.78, 5) is 51.3. The maximum atomic E-state index is 14.8. The number of rotatable bonds is 15. The molecule has 1 aromatic heterocycles. The fraction of sp³-hybridized carbons (Fsp3) is 0.558. The molecule has 314 valence electrons. The van der Waals surface area contributed by atoms with Crippen LogP contribution in [0.3, 0.4) is 0 Å². The molecular weight excluding hydrogens is 757 g/mol. The third-order valence-corrected chi connectivity index (χ3v) is 13.2. The van der Waals surface area contributed by atoms with Crippen LogP contribution in [0.1, 0.15) is 73.8 Å². The number of ether oxygens (including phenoxy) is 1. The lowest BCUT2D eigenvalue weighted by Crippen LogP contribution is -2.64. The molecule has 7 rings (SSSR count). The Morgan fingerprint density at radius 2 is 1.79 bits per heavy atom. The summed E-state index contributed by atoms with van der Waals surface area (Å²) in [7, 11) is -3.33. The molecule has 5 N–H and O–H groups in total. The molecule has 0 bridgehead atoms. The van der Waals surface area contributed by atoms with Crippen LogP contribution < -0.4 is 25.4 Å². The van der Waals surface area contributed by atoms with Crippen LogP contribution in [-0.2, 0) is 45.7 Å². The van der Waals surface area contributed by atoms with Crippen molar-refractivity contribution in [1.29, 1.82) is 0 Å². The second kappa shape index (κ2) is 19.2. The normalized spacial score (nSPS) is 23.1. The van der Waals surface area contributed by atoms with Gasteiger partial charge in [-0.25, -0.2) is 17.9 Å². The van der Waals surface area contributed by atoms with Gasteiger partial charge in [0.15, 0.2) is 0 Å². The molecule has 58 heavy (non-hydrogen) atoms. The summed E-state index contributed by atoms with van der Waals surface area (Å²) in [6, 6.07) is 18.7. The van der Waals surface area contributed by atoms with Gasteiger partial charge in [0.25, 0.3) is 0 Å². The molecule has 4 aliphatic rings. The van der Waals surface area contributed by atoms with E-state index in [4.69, 9.17) is 4.74 Å². The van der Waals surface area contributed by atoms with Crippen molar-refractivity contribution >= 4 is 27.9 Å². The number of carbonyl (C=O) groups excluding carboxylic acids is 3. The standard InChI is InChI=1S/C43H60N8O6S/c1-58(55,56)47-22-6-5-13-37(48-34-15-18-43(19-16-34)20-24-49(31-43)29-32-9-3-2-4-10-32)41(53)51-26-25-50(30-38(51)40(52)46-28-35-12-8-21-45-35)42(54)57-39-14-7-11-33-27-44-23-17-36(33)39/h2-4,7-12,14,21,34,37-38,44-45,47-48H,5-6,13,15-20,22-31H2,1H3,(H,46,52)/t34?,37-,38+,43?/m1/s1. The Morgan fingerprint density at radius 1 is 0.966 bits per heavy atom. The monoisotopic (exact) mass is 816 g/mol. The number of carbonyl (C=O) groups is 3. The van der Waals surface area contributed by atoms with Crippen molar-refractivity contribution in [2.75, 3.05) is 52.1 Å². The van der Waals surface area contributed by atoms with Gasteiger partial charge in [0, 0.05) is 62.8 Å². The van der Waals surface area contributed by atoms with Gasteiger partial charge in [-0.05, 0) is 99.2 Å². The minimum absolute atomic E-state index is 0.00581. The maximum absolute atomic E-state index is 14.8. The summed E-state index contributed by atoms with van der Waals surface area (Å²) in [6.07, 6.45) is 10.1. The predicted molar refractivity (Wildman–Crippen MR) is 222 cm³/mol. The molecule has 2 saturated heterocycles. The average molecular weight is 817 g/mol. The smallest absolute Gasteiger partial charge is 0.410 e. The Bertz CT molecular complexity index is 1950. The Labute approximate surface area is 342 Å². The van der Waals surface area contributed by atoms with E-state index in [1.165, 1.54) is 16.9 Å². The number of sulfonamides is 1. The van der Waals surface area contributed by atoms with Crippen LogP contribution >= 0.6 is 0 Å². The van der Waals surface area contributed by atoms with E-state index in [1.54, 1.807) is 11.1 Å². The zero-order chi connectivity index (χ0) is 40.5. The molecule has 4 heterocycles. The highest BCUT2D eigenvalue weighted by molar-refractivity contribution is 7.88. The predicted octanol–water partition coefficient (Wildman–Crippen LogP) is 3.50. The molecule has 0 unspecified atom stereocenters. The van der Waals surface area contributed by atoms with Crippen LogP contribution in [0.4, 0.5) is 4.79 Å². The number of benzene rings is 2. The summed E-state index contributed by atoms with van der Waals surface area (Å²) in [5.74, 6) is 0.00481. The van der Waals surface area contributed by atoms with Gasteiger partial charge in [0.1, 0.15) is 11.8 Å². The van der Waals surface area contributed by atoms with Crippen LogP contribution in [0.25, 0.3) is 0 Å². The van der Waals surface area contributed by atoms with Gasteiger partial charge >= 0.3 is 6.09 Å². The first-order valence-corrected chi connectivity index (χ1v) is 22.9. The third-order valence-electron chi connectivity index (χ3n) is 12.5. The first-order valence-electron chi connectivity index (χ1n) is 21.0. The number of nitrogens with one attached hydrogen (secondary N) is 5. The van der Waals surface area contributed by atoms with Crippen molar-refractivity contribution in [3.05, 3.63) is 89.2 Å². The summed E-state index contributed by atoms with van der Waals surface area (Å²) in [5.41, 5.74) is 4.55. The summed E-state index contributed by atoms with van der Waals surface area (Å²) in [5, 5.41) is 10.1. The molecule has 3 aromatic rings. The van der Waals surface area contributed by atoms with Gasteiger partial charge in [-0.15, -0.1) is 0 Å². The zero-order valence-corrected chi connectivity index (χ0v) is 34.5. The van der Waals surface area contributed by atoms with E-state index >= 15 is 0 Å². The molecule has 0 radical (unpaired) electrons. The third kappa shape index (κ3) is 11.1. The largest absolute Gasteiger partial charge is 0.415 e. The van der Waals surface area contributed by atoms with Gasteiger partial charge in [-0.3, -0.25) is 14.5 Å². The van der Waals surface area contributed by atoms with Crippen molar-refractivity contribution in [2.45, 2.75) is 95.5 Å². The summed E-state index contributed by atoms with van der Waals surface area (Å²) in [6.45, 7) is 5.57. The average Bonchev–Trinajstić information content (AvgIpc) is 3.90. The van der Waals surface area contributed by atoms with Crippen LogP contribution in [0.5, 0.6) is 5.75 Å². The number of unbranched alkanes of at least 4 members (excludes halogenated alkanes) is 1. The van der Waals surface area contributed by atoms with Gasteiger partial charge < -0.3 is 35.5 Å². The highest BCUT2D eigenvalue weighted by Crippen LogP contribution is 2.44. The van der Waals surface area contributed by atoms with Crippen molar-refractivity contribution in [3.63, 3.8) is 0 Å². The van der Waals surface area contributed by atoms with E-state index in [1.807, 2.05) is 30.3 Å². The molecule has 2 aromatic carbocycles. The van der Waals surface area contributed by atoms with Crippen molar-refractivity contribution in [3.8, 4) is 5.75 Å². The Balaban J connectivity index is 1.03. The molecule has 1 aliphatic carbocycles. The zero-order valence-electron chi connectivity index (χ0n) is 33.7. The minimum atomic E-state index is -3.33. The van der Waals surface area contributed by atoms with Crippen LogP contribution in [-0.4, -0.2) is 116 Å². The Hall–Kier alpha value is -4.28. The lowest BCUT2D eigenvalue weighted by Gasteiger charge is -2.43. The van der Waals surface area contributed by atoms with Crippen molar-refractivity contribution < 1.29 is 27.5 Å². The van der Waals surface area contributed by atoms with E-state index in [-0.39, 0.29) is 56.0 Å². The minimum Gasteiger partial charge on any atom is -0.410 e. The molecule has 1 saturated carbocycles. The fourth-order valence-electron chi connectivity index (χ4n) is 9.27. The summed E-state index contributed by atoms with van der Waals surface area (Å²) < 4.78 is 32.0. The molecular formula is C43H60N8O6S. The van der Waals surface area contributed by atoms with E-state index in [0.717, 1.165) is 81.4 Å². The highest BCUT2D eigenvalue weighted by atomic mass is 32.2. The van der Waals surface area contributed by atoms with Crippen LogP contribution in [0.2, 0.25) is 0 Å².